The van der Waals surface area contributed by atoms with E-state index >= 15 is 0 Å². The predicted molar refractivity (Wildman–Crippen MR) is 96.3 cm³/mol. The van der Waals surface area contributed by atoms with Gasteiger partial charge in [0.2, 0.25) is 0 Å². The van der Waals surface area contributed by atoms with Gasteiger partial charge in [-0.25, -0.2) is 0 Å². The molecule has 1 atom stereocenters. The quantitative estimate of drug-likeness (QED) is 0.852. The third kappa shape index (κ3) is 4.54. The number of piperidine rings is 1. The van der Waals surface area contributed by atoms with Crippen molar-refractivity contribution < 1.29 is 14.3 Å². The van der Waals surface area contributed by atoms with Crippen molar-refractivity contribution in [3.63, 3.8) is 0 Å². The number of benzene rings is 1. The van der Waals surface area contributed by atoms with E-state index < -0.39 is 0 Å². The molecule has 1 aromatic carbocycles. The third-order valence-electron chi connectivity index (χ3n) is 4.15. The second-order valence-electron chi connectivity index (χ2n) is 6.57. The van der Waals surface area contributed by atoms with Crippen LogP contribution in [0.15, 0.2) is 12.1 Å². The number of likely N-dealkylation sites (N-methyl/N-ethyl adjacent to an activating group) is 1. The molecule has 1 N–H and O–H groups in total. The van der Waals surface area contributed by atoms with Gasteiger partial charge >= 0.3 is 0 Å². The number of hydrogen-bond acceptors (Lipinski definition) is 4. The van der Waals surface area contributed by atoms with Gasteiger partial charge in [-0.3, -0.25) is 4.79 Å². The van der Waals surface area contributed by atoms with Crippen LogP contribution >= 0.6 is 11.6 Å². The normalized spacial score (nSPS) is 17.9. The lowest BCUT2D eigenvalue weighted by Gasteiger charge is -2.32. The zero-order valence-corrected chi connectivity index (χ0v) is 15.7. The molecule has 1 amide bonds. The van der Waals surface area contributed by atoms with Crippen molar-refractivity contribution in [2.24, 2.45) is 5.92 Å². The average Bonchev–Trinajstić information content (AvgIpc) is 2.59. The Balaban J connectivity index is 2.21. The fourth-order valence-corrected chi connectivity index (χ4v) is 3.08. The summed E-state index contributed by atoms with van der Waals surface area (Å²) in [6, 6.07) is 3.73. The number of hydrogen-bond donors (Lipinski definition) is 1. The molecule has 0 spiro atoms. The molecule has 1 aliphatic heterocycles. The summed E-state index contributed by atoms with van der Waals surface area (Å²) in [5, 5.41) is 3.65. The zero-order chi connectivity index (χ0) is 17.7. The molecule has 1 heterocycles. The lowest BCUT2D eigenvalue weighted by molar-refractivity contribution is 0.0697. The van der Waals surface area contributed by atoms with Gasteiger partial charge in [-0.1, -0.05) is 25.4 Å². The maximum atomic E-state index is 12.8. The van der Waals surface area contributed by atoms with Crippen molar-refractivity contribution in [1.82, 2.24) is 10.2 Å². The number of amides is 1. The zero-order valence-electron chi connectivity index (χ0n) is 14.9. The molecule has 1 saturated heterocycles. The van der Waals surface area contributed by atoms with Crippen molar-refractivity contribution in [2.45, 2.75) is 32.7 Å². The van der Waals surface area contributed by atoms with Gasteiger partial charge in [0.05, 0.1) is 18.7 Å². The Morgan fingerprint density at radius 2 is 2.21 bits per heavy atom. The SMILES string of the molecule is CNC1CCCN(C(=O)c2cc(Cl)c(OCC(C)C)c(OC)c2)C1. The minimum Gasteiger partial charge on any atom is -0.493 e. The average molecular weight is 355 g/mol. The molecular formula is C18H27ClN2O3. The summed E-state index contributed by atoms with van der Waals surface area (Å²) in [4.78, 5) is 14.7. The molecule has 0 saturated carbocycles. The number of halogens is 1. The van der Waals surface area contributed by atoms with Crippen molar-refractivity contribution in [2.75, 3.05) is 33.9 Å². The smallest absolute Gasteiger partial charge is 0.254 e. The van der Waals surface area contributed by atoms with E-state index in [0.29, 0.717) is 47.2 Å². The maximum Gasteiger partial charge on any atom is 0.254 e. The fraction of sp³-hybridized carbons (Fsp3) is 0.611. The predicted octanol–water partition coefficient (Wildman–Crippen LogP) is 3.21. The van der Waals surface area contributed by atoms with Gasteiger partial charge in [-0.2, -0.15) is 0 Å². The highest BCUT2D eigenvalue weighted by molar-refractivity contribution is 6.32. The van der Waals surface area contributed by atoms with Gasteiger partial charge in [-0.15, -0.1) is 0 Å². The van der Waals surface area contributed by atoms with Crippen molar-refractivity contribution in [3.8, 4) is 11.5 Å². The van der Waals surface area contributed by atoms with Crippen LogP contribution in [0.1, 0.15) is 37.0 Å². The summed E-state index contributed by atoms with van der Waals surface area (Å²) in [6.45, 7) is 6.14. The molecule has 0 bridgehead atoms. The van der Waals surface area contributed by atoms with E-state index in [1.807, 2.05) is 11.9 Å². The van der Waals surface area contributed by atoms with Crippen LogP contribution in [0, 0.1) is 5.92 Å². The summed E-state index contributed by atoms with van der Waals surface area (Å²) in [5.74, 6) is 1.34. The minimum atomic E-state index is -0.0226. The van der Waals surface area contributed by atoms with Gasteiger partial charge in [0.15, 0.2) is 11.5 Å². The van der Waals surface area contributed by atoms with E-state index in [1.165, 1.54) is 0 Å². The van der Waals surface area contributed by atoms with E-state index in [1.54, 1.807) is 19.2 Å². The molecule has 5 nitrogen and oxygen atoms in total. The first-order valence-corrected chi connectivity index (χ1v) is 8.81. The number of carbonyl (C=O) groups is 1. The summed E-state index contributed by atoms with van der Waals surface area (Å²) in [6.07, 6.45) is 2.09. The monoisotopic (exact) mass is 354 g/mol. The van der Waals surface area contributed by atoms with Crippen molar-refractivity contribution >= 4 is 17.5 Å². The molecule has 1 aliphatic rings. The second kappa shape index (κ2) is 8.58. The number of ether oxygens (including phenoxy) is 2. The Labute approximate surface area is 149 Å². The van der Waals surface area contributed by atoms with Crippen LogP contribution < -0.4 is 14.8 Å². The van der Waals surface area contributed by atoms with Gasteiger partial charge in [-0.05, 0) is 37.9 Å². The molecule has 1 unspecified atom stereocenters. The van der Waals surface area contributed by atoms with Crippen molar-refractivity contribution in [3.05, 3.63) is 22.7 Å². The highest BCUT2D eigenvalue weighted by Crippen LogP contribution is 2.37. The number of likely N-dealkylation sites (tertiary alicyclic amines) is 1. The van der Waals surface area contributed by atoms with Gasteiger partial charge in [0.25, 0.3) is 5.91 Å². The summed E-state index contributed by atoms with van der Waals surface area (Å²) in [7, 11) is 3.49. The van der Waals surface area contributed by atoms with Crippen LogP contribution in [0.5, 0.6) is 11.5 Å². The number of rotatable bonds is 6. The molecule has 0 aliphatic carbocycles. The summed E-state index contributed by atoms with van der Waals surface area (Å²) >= 11 is 6.35. The van der Waals surface area contributed by atoms with E-state index in [-0.39, 0.29) is 5.91 Å². The Bertz CT molecular complexity index is 578. The topological polar surface area (TPSA) is 50.8 Å². The first kappa shape index (κ1) is 18.9. The largest absolute Gasteiger partial charge is 0.493 e. The number of carbonyl (C=O) groups excluding carboxylic acids is 1. The van der Waals surface area contributed by atoms with Gasteiger partial charge in [0, 0.05) is 24.7 Å². The molecule has 0 aromatic heterocycles. The summed E-state index contributed by atoms with van der Waals surface area (Å²) in [5.41, 5.74) is 0.533. The van der Waals surface area contributed by atoms with E-state index in [0.717, 1.165) is 19.4 Å². The second-order valence-corrected chi connectivity index (χ2v) is 6.98. The number of methoxy groups -OCH3 is 1. The molecule has 6 heteroatoms. The van der Waals surface area contributed by atoms with E-state index in [9.17, 15) is 4.79 Å². The molecule has 2 rings (SSSR count). The molecule has 134 valence electrons. The van der Waals surface area contributed by atoms with Crippen LogP contribution in [0.3, 0.4) is 0 Å². The standard InChI is InChI=1S/C18H27ClN2O3/c1-12(2)11-24-17-15(19)8-13(9-16(17)23-4)18(22)21-7-5-6-14(10-21)20-3/h8-9,12,14,20H,5-7,10-11H2,1-4H3. The molecule has 1 aromatic rings. The van der Waals surface area contributed by atoms with E-state index in [2.05, 4.69) is 19.2 Å². The van der Waals surface area contributed by atoms with Crippen LogP contribution in [0.2, 0.25) is 5.02 Å². The van der Waals surface area contributed by atoms with Crippen LogP contribution in [-0.4, -0.2) is 50.7 Å². The first-order chi connectivity index (χ1) is 11.5. The summed E-state index contributed by atoms with van der Waals surface area (Å²) < 4.78 is 11.1. The third-order valence-corrected chi connectivity index (χ3v) is 4.44. The molecule has 1 fully saturated rings. The fourth-order valence-electron chi connectivity index (χ4n) is 2.81. The number of nitrogens with one attached hydrogen (secondary N) is 1. The Hall–Kier alpha value is -1.46. The van der Waals surface area contributed by atoms with E-state index in [4.69, 9.17) is 21.1 Å². The lowest BCUT2D eigenvalue weighted by atomic mass is 10.0. The molecule has 0 radical (unpaired) electrons. The number of nitrogens with zero attached hydrogens (tertiary/aromatic N) is 1. The highest BCUT2D eigenvalue weighted by atomic mass is 35.5. The maximum absolute atomic E-state index is 12.8. The lowest BCUT2D eigenvalue weighted by Crippen LogP contribution is -2.46. The van der Waals surface area contributed by atoms with Crippen LogP contribution in [-0.2, 0) is 0 Å². The van der Waals surface area contributed by atoms with Crippen molar-refractivity contribution in [1.29, 1.82) is 0 Å². The van der Waals surface area contributed by atoms with Crippen LogP contribution in [0.25, 0.3) is 0 Å². The Morgan fingerprint density at radius 3 is 2.83 bits per heavy atom. The first-order valence-electron chi connectivity index (χ1n) is 8.43. The molecular weight excluding hydrogens is 328 g/mol. The van der Waals surface area contributed by atoms with Crippen LogP contribution in [0.4, 0.5) is 0 Å². The Kier molecular flexibility index (Phi) is 6.75. The Morgan fingerprint density at radius 1 is 1.46 bits per heavy atom. The highest BCUT2D eigenvalue weighted by Gasteiger charge is 2.25. The minimum absolute atomic E-state index is 0.0226. The van der Waals surface area contributed by atoms with Gasteiger partial charge < -0.3 is 19.7 Å². The molecule has 24 heavy (non-hydrogen) atoms. The van der Waals surface area contributed by atoms with Gasteiger partial charge in [0.1, 0.15) is 0 Å².